The SMILES string of the molecule is C=CCCCOC(=O)[C@@H]1[C@@H]2CCC3(O2)C(C(=O)N(CC=C)Cc2ccccc2)N(CCCCCO)C(=O)[C@H]13. The van der Waals surface area contributed by atoms with Crippen LogP contribution in [0.25, 0.3) is 0 Å². The Balaban J connectivity index is 1.62. The number of amides is 2. The summed E-state index contributed by atoms with van der Waals surface area (Å²) in [5.41, 5.74) is -0.0651. The van der Waals surface area contributed by atoms with Gasteiger partial charge in [0.25, 0.3) is 0 Å². The lowest BCUT2D eigenvalue weighted by atomic mass is 9.70. The molecule has 0 aromatic heterocycles. The fourth-order valence-corrected chi connectivity index (χ4v) is 6.37. The van der Waals surface area contributed by atoms with Crippen LogP contribution < -0.4 is 0 Å². The Morgan fingerprint density at radius 1 is 1.16 bits per heavy atom. The van der Waals surface area contributed by atoms with Crippen LogP contribution in [0.4, 0.5) is 0 Å². The van der Waals surface area contributed by atoms with Crippen molar-refractivity contribution in [2.45, 2.75) is 69.2 Å². The molecule has 3 aliphatic heterocycles. The number of allylic oxidation sites excluding steroid dienone is 1. The molecule has 1 spiro atoms. The zero-order chi connectivity index (χ0) is 27.1. The molecule has 2 bridgehead atoms. The van der Waals surface area contributed by atoms with Gasteiger partial charge in [-0.25, -0.2) is 0 Å². The third-order valence-electron chi connectivity index (χ3n) is 8.04. The van der Waals surface area contributed by atoms with E-state index in [1.54, 1.807) is 22.0 Å². The quantitative estimate of drug-likeness (QED) is 0.215. The Kier molecular flexibility index (Phi) is 9.39. The van der Waals surface area contributed by atoms with Crippen LogP contribution in [0, 0.1) is 11.8 Å². The molecule has 2 unspecified atom stereocenters. The van der Waals surface area contributed by atoms with Crippen molar-refractivity contribution in [1.29, 1.82) is 0 Å². The van der Waals surface area contributed by atoms with Crippen LogP contribution in [-0.4, -0.2) is 76.7 Å². The van der Waals surface area contributed by atoms with Crippen molar-refractivity contribution in [2.24, 2.45) is 11.8 Å². The number of likely N-dealkylation sites (tertiary alicyclic amines) is 1. The van der Waals surface area contributed by atoms with Crippen molar-refractivity contribution in [2.75, 3.05) is 26.3 Å². The van der Waals surface area contributed by atoms with E-state index < -0.39 is 35.6 Å². The zero-order valence-electron chi connectivity index (χ0n) is 22.1. The normalized spacial score (nSPS) is 27.3. The minimum atomic E-state index is -1.04. The monoisotopic (exact) mass is 524 g/mol. The topological polar surface area (TPSA) is 96.4 Å². The number of fused-ring (bicyclic) bond motifs is 1. The van der Waals surface area contributed by atoms with Gasteiger partial charge in [-0.05, 0) is 50.5 Å². The standard InChI is InChI=1S/C30H40N2O6/c1-3-5-12-20-37-29(36)24-23-15-16-30(38-23)25(24)27(34)32(18-10-7-11-19-33)26(30)28(35)31(17-4-2)21-22-13-8-6-9-14-22/h3-4,6,8-9,13-14,23-26,33H,1-2,5,7,10-12,15-21H2/t23-,24+,25-,26?,30?/m0/s1. The second-order valence-electron chi connectivity index (χ2n) is 10.5. The highest BCUT2D eigenvalue weighted by Gasteiger charge is 2.75. The number of rotatable bonds is 15. The summed E-state index contributed by atoms with van der Waals surface area (Å²) < 4.78 is 12.1. The van der Waals surface area contributed by atoms with Crippen molar-refractivity contribution < 1.29 is 29.0 Å². The van der Waals surface area contributed by atoms with E-state index in [0.717, 1.165) is 18.4 Å². The van der Waals surface area contributed by atoms with E-state index >= 15 is 0 Å². The Bertz CT molecular complexity index is 1010. The first-order valence-electron chi connectivity index (χ1n) is 13.8. The molecule has 2 amide bonds. The number of aliphatic hydroxyl groups is 1. The molecular weight excluding hydrogens is 484 g/mol. The second kappa shape index (κ2) is 12.7. The number of carbonyl (C=O) groups is 3. The molecule has 1 aromatic carbocycles. The van der Waals surface area contributed by atoms with Gasteiger partial charge in [0.1, 0.15) is 11.6 Å². The van der Waals surface area contributed by atoms with E-state index in [1.807, 2.05) is 30.3 Å². The summed E-state index contributed by atoms with van der Waals surface area (Å²) in [5, 5.41) is 9.21. The van der Waals surface area contributed by atoms with Crippen molar-refractivity contribution >= 4 is 17.8 Å². The van der Waals surface area contributed by atoms with E-state index in [-0.39, 0.29) is 25.0 Å². The van der Waals surface area contributed by atoms with Crippen molar-refractivity contribution in [3.63, 3.8) is 0 Å². The first-order chi connectivity index (χ1) is 18.5. The van der Waals surface area contributed by atoms with E-state index in [2.05, 4.69) is 13.2 Å². The summed E-state index contributed by atoms with van der Waals surface area (Å²) >= 11 is 0. The zero-order valence-corrected chi connectivity index (χ0v) is 22.1. The van der Waals surface area contributed by atoms with Gasteiger partial charge in [-0.15, -0.1) is 13.2 Å². The predicted molar refractivity (Wildman–Crippen MR) is 143 cm³/mol. The van der Waals surface area contributed by atoms with Gasteiger partial charge in [0, 0.05) is 26.2 Å². The number of hydrogen-bond acceptors (Lipinski definition) is 6. The maximum atomic E-state index is 14.3. The number of benzene rings is 1. The van der Waals surface area contributed by atoms with Crippen molar-refractivity contribution in [3.8, 4) is 0 Å². The lowest BCUT2D eigenvalue weighted by molar-refractivity contribution is -0.155. The Morgan fingerprint density at radius 2 is 1.95 bits per heavy atom. The molecule has 1 N–H and O–H groups in total. The van der Waals surface area contributed by atoms with Crippen LogP contribution in [-0.2, 0) is 30.4 Å². The fourth-order valence-electron chi connectivity index (χ4n) is 6.37. The molecule has 8 nitrogen and oxygen atoms in total. The highest BCUT2D eigenvalue weighted by Crippen LogP contribution is 2.58. The lowest BCUT2D eigenvalue weighted by Gasteiger charge is -2.37. The number of nitrogens with zero attached hydrogens (tertiary/aromatic N) is 2. The van der Waals surface area contributed by atoms with Gasteiger partial charge in [-0.3, -0.25) is 14.4 Å². The Morgan fingerprint density at radius 3 is 2.66 bits per heavy atom. The van der Waals surface area contributed by atoms with E-state index in [4.69, 9.17) is 9.47 Å². The third-order valence-corrected chi connectivity index (χ3v) is 8.04. The van der Waals surface area contributed by atoms with Gasteiger partial charge in [0.05, 0.1) is 24.5 Å². The van der Waals surface area contributed by atoms with Gasteiger partial charge < -0.3 is 24.4 Å². The summed E-state index contributed by atoms with van der Waals surface area (Å²) in [6.07, 6.45) is 7.62. The summed E-state index contributed by atoms with van der Waals surface area (Å²) in [4.78, 5) is 44.8. The molecule has 8 heteroatoms. The summed E-state index contributed by atoms with van der Waals surface area (Å²) in [7, 11) is 0. The van der Waals surface area contributed by atoms with Crippen LogP contribution in [0.2, 0.25) is 0 Å². The maximum absolute atomic E-state index is 14.3. The molecule has 0 radical (unpaired) electrons. The smallest absolute Gasteiger partial charge is 0.312 e. The summed E-state index contributed by atoms with van der Waals surface area (Å²) in [5.74, 6) is -2.25. The molecule has 3 saturated heterocycles. The van der Waals surface area contributed by atoms with Crippen LogP contribution in [0.1, 0.15) is 50.5 Å². The average molecular weight is 525 g/mol. The van der Waals surface area contributed by atoms with Crippen molar-refractivity contribution in [3.05, 3.63) is 61.2 Å². The highest BCUT2D eigenvalue weighted by molar-refractivity contribution is 5.98. The number of esters is 1. The second-order valence-corrected chi connectivity index (χ2v) is 10.5. The molecule has 4 rings (SSSR count). The molecule has 3 fully saturated rings. The molecule has 0 aliphatic carbocycles. The summed E-state index contributed by atoms with van der Waals surface area (Å²) in [6.45, 7) is 8.97. The maximum Gasteiger partial charge on any atom is 0.312 e. The minimum absolute atomic E-state index is 0.0810. The van der Waals surface area contributed by atoms with E-state index in [0.29, 0.717) is 51.7 Å². The van der Waals surface area contributed by atoms with Gasteiger partial charge in [-0.2, -0.15) is 0 Å². The third kappa shape index (κ3) is 5.43. The number of carbonyl (C=O) groups excluding carboxylic acids is 3. The molecule has 1 aromatic rings. The van der Waals surface area contributed by atoms with Gasteiger partial charge in [-0.1, -0.05) is 42.5 Å². The predicted octanol–water partition coefficient (Wildman–Crippen LogP) is 3.25. The first-order valence-corrected chi connectivity index (χ1v) is 13.8. The molecule has 38 heavy (non-hydrogen) atoms. The number of aliphatic hydroxyl groups excluding tert-OH is 1. The van der Waals surface area contributed by atoms with Crippen LogP contribution in [0.15, 0.2) is 55.6 Å². The molecule has 3 aliphatic rings. The van der Waals surface area contributed by atoms with E-state index in [9.17, 15) is 19.5 Å². The minimum Gasteiger partial charge on any atom is -0.465 e. The Labute approximate surface area is 225 Å². The van der Waals surface area contributed by atoms with Crippen LogP contribution in [0.5, 0.6) is 0 Å². The fraction of sp³-hybridized carbons (Fsp3) is 0.567. The lowest BCUT2D eigenvalue weighted by Crippen LogP contribution is -2.56. The highest BCUT2D eigenvalue weighted by atomic mass is 16.6. The molecule has 0 saturated carbocycles. The largest absolute Gasteiger partial charge is 0.465 e. The molecule has 206 valence electrons. The van der Waals surface area contributed by atoms with Gasteiger partial charge >= 0.3 is 5.97 Å². The van der Waals surface area contributed by atoms with Crippen LogP contribution in [0.3, 0.4) is 0 Å². The number of unbranched alkanes of at least 4 members (excludes halogenated alkanes) is 3. The Hall–Kier alpha value is -2.97. The van der Waals surface area contributed by atoms with Gasteiger partial charge in [0.2, 0.25) is 11.8 Å². The van der Waals surface area contributed by atoms with Crippen LogP contribution >= 0.6 is 0 Å². The van der Waals surface area contributed by atoms with Gasteiger partial charge in [0.15, 0.2) is 0 Å². The van der Waals surface area contributed by atoms with Crippen molar-refractivity contribution in [1.82, 2.24) is 9.80 Å². The molecule has 3 heterocycles. The van der Waals surface area contributed by atoms with E-state index in [1.165, 1.54) is 0 Å². The molecular formula is C30H40N2O6. The summed E-state index contributed by atoms with van der Waals surface area (Å²) in [6, 6.07) is 8.90. The average Bonchev–Trinajstić information content (AvgIpc) is 3.56. The number of ether oxygens (including phenoxy) is 2. The molecule has 5 atom stereocenters. The number of hydrogen-bond donors (Lipinski definition) is 1. The first kappa shape index (κ1) is 28.0.